The maximum Gasteiger partial charge on any atom is 0.0765 e. The predicted molar refractivity (Wildman–Crippen MR) is 86.1 cm³/mol. The quantitative estimate of drug-likeness (QED) is 0.927. The second-order valence-electron chi connectivity index (χ2n) is 6.79. The molecule has 118 valence electrons. The van der Waals surface area contributed by atoms with Gasteiger partial charge in [-0.25, -0.2) is 0 Å². The van der Waals surface area contributed by atoms with E-state index in [1.807, 2.05) is 0 Å². The van der Waals surface area contributed by atoms with Gasteiger partial charge >= 0.3 is 0 Å². The van der Waals surface area contributed by atoms with Crippen molar-refractivity contribution in [3.8, 4) is 0 Å². The molecule has 1 unspecified atom stereocenters. The Labute approximate surface area is 128 Å². The summed E-state index contributed by atoms with van der Waals surface area (Å²) in [5.74, 6) is 0. The zero-order chi connectivity index (χ0) is 14.5. The smallest absolute Gasteiger partial charge is 0.0765 e. The summed E-state index contributed by atoms with van der Waals surface area (Å²) in [6.45, 7) is 2.93. The van der Waals surface area contributed by atoms with Gasteiger partial charge in [-0.15, -0.1) is 0 Å². The summed E-state index contributed by atoms with van der Waals surface area (Å²) in [7, 11) is 0. The van der Waals surface area contributed by atoms with Gasteiger partial charge in [-0.2, -0.15) is 5.10 Å². The first-order valence-electron chi connectivity index (χ1n) is 8.85. The Bertz CT molecular complexity index is 422. The summed E-state index contributed by atoms with van der Waals surface area (Å²) >= 11 is 0. The fraction of sp³-hybridized carbons (Fsp3) is 0.824. The molecule has 1 aromatic rings. The van der Waals surface area contributed by atoms with Crippen molar-refractivity contribution >= 4 is 0 Å². The van der Waals surface area contributed by atoms with Gasteiger partial charge in [-0.1, -0.05) is 32.1 Å². The van der Waals surface area contributed by atoms with Crippen molar-refractivity contribution in [1.82, 2.24) is 14.7 Å². The summed E-state index contributed by atoms with van der Waals surface area (Å²) in [5.41, 5.74) is 7.19. The molecule has 1 saturated carbocycles. The molecule has 3 rings (SSSR count). The Morgan fingerprint density at radius 1 is 1.05 bits per heavy atom. The summed E-state index contributed by atoms with van der Waals surface area (Å²) < 4.78 is 2.23. The highest BCUT2D eigenvalue weighted by molar-refractivity contribution is 5.01. The molecular weight excluding hydrogens is 260 g/mol. The van der Waals surface area contributed by atoms with Crippen LogP contribution >= 0.6 is 0 Å². The van der Waals surface area contributed by atoms with E-state index in [9.17, 15) is 0 Å². The Morgan fingerprint density at radius 3 is 2.62 bits per heavy atom. The van der Waals surface area contributed by atoms with Crippen molar-refractivity contribution in [2.45, 2.75) is 76.4 Å². The number of hydrogen-bond acceptors (Lipinski definition) is 3. The Kier molecular flexibility index (Phi) is 5.31. The molecule has 21 heavy (non-hydrogen) atoms. The van der Waals surface area contributed by atoms with Crippen LogP contribution in [0.2, 0.25) is 0 Å². The topological polar surface area (TPSA) is 47.1 Å². The molecule has 1 saturated heterocycles. The number of hydrogen-bond donors (Lipinski definition) is 1. The van der Waals surface area contributed by atoms with Gasteiger partial charge < -0.3 is 5.73 Å². The Morgan fingerprint density at radius 2 is 1.81 bits per heavy atom. The minimum absolute atomic E-state index is 0.548. The van der Waals surface area contributed by atoms with Crippen molar-refractivity contribution in [3.63, 3.8) is 0 Å². The average Bonchev–Trinajstić information content (AvgIpc) is 2.88. The second kappa shape index (κ2) is 7.41. The third-order valence-corrected chi connectivity index (χ3v) is 5.25. The highest BCUT2D eigenvalue weighted by atomic mass is 15.3. The Balaban J connectivity index is 1.62. The first-order valence-corrected chi connectivity index (χ1v) is 8.85. The molecule has 2 fully saturated rings. The molecule has 0 aromatic carbocycles. The number of nitrogens with two attached hydrogens (primary N) is 1. The van der Waals surface area contributed by atoms with E-state index in [1.165, 1.54) is 70.0 Å². The third-order valence-electron chi connectivity index (χ3n) is 5.25. The molecule has 1 aromatic heterocycles. The van der Waals surface area contributed by atoms with E-state index in [0.717, 1.165) is 13.1 Å². The van der Waals surface area contributed by atoms with Crippen LogP contribution in [-0.2, 0) is 6.54 Å². The van der Waals surface area contributed by atoms with E-state index in [1.54, 1.807) is 0 Å². The van der Waals surface area contributed by atoms with Crippen molar-refractivity contribution in [2.75, 3.05) is 13.1 Å². The van der Waals surface area contributed by atoms with Crippen LogP contribution in [0.25, 0.3) is 0 Å². The molecule has 1 atom stereocenters. The summed E-state index contributed by atoms with van der Waals surface area (Å²) in [6, 6.07) is 3.40. The van der Waals surface area contributed by atoms with Crippen molar-refractivity contribution in [1.29, 1.82) is 0 Å². The predicted octanol–water partition coefficient (Wildman–Crippen LogP) is 3.09. The van der Waals surface area contributed by atoms with Crippen LogP contribution in [0.15, 0.2) is 12.3 Å². The molecule has 2 heterocycles. The number of likely N-dealkylation sites (tertiary alicyclic amines) is 1. The molecule has 1 aliphatic heterocycles. The largest absolute Gasteiger partial charge is 0.329 e. The molecular formula is C17H30N4. The Hall–Kier alpha value is -0.870. The van der Waals surface area contributed by atoms with Gasteiger partial charge in [0.1, 0.15) is 0 Å². The van der Waals surface area contributed by atoms with Crippen molar-refractivity contribution in [3.05, 3.63) is 18.0 Å². The molecule has 2 N–H and O–H groups in total. The van der Waals surface area contributed by atoms with E-state index in [2.05, 4.69) is 21.8 Å². The minimum Gasteiger partial charge on any atom is -0.329 e. The first-order chi connectivity index (χ1) is 10.4. The minimum atomic E-state index is 0.548. The van der Waals surface area contributed by atoms with Crippen LogP contribution in [-0.4, -0.2) is 33.8 Å². The number of nitrogens with zero attached hydrogens (tertiary/aromatic N) is 3. The monoisotopic (exact) mass is 290 g/mol. The van der Waals surface area contributed by atoms with Crippen LogP contribution in [0, 0.1) is 0 Å². The first kappa shape index (κ1) is 15.0. The van der Waals surface area contributed by atoms with Crippen molar-refractivity contribution in [2.24, 2.45) is 5.73 Å². The van der Waals surface area contributed by atoms with Gasteiger partial charge in [0.05, 0.1) is 11.7 Å². The zero-order valence-electron chi connectivity index (χ0n) is 13.2. The van der Waals surface area contributed by atoms with E-state index in [4.69, 9.17) is 10.8 Å². The SMILES string of the molecule is NCC1CCCCCN1Cc1ccn(C2CCCCC2)n1. The highest BCUT2D eigenvalue weighted by Gasteiger charge is 2.21. The van der Waals surface area contributed by atoms with Crippen LogP contribution in [0.5, 0.6) is 0 Å². The molecule has 0 bridgehead atoms. The summed E-state index contributed by atoms with van der Waals surface area (Å²) in [5, 5.41) is 4.86. The van der Waals surface area contributed by atoms with E-state index in [-0.39, 0.29) is 0 Å². The van der Waals surface area contributed by atoms with Gasteiger partial charge in [0.15, 0.2) is 0 Å². The van der Waals surface area contributed by atoms with Crippen LogP contribution in [0.1, 0.15) is 69.5 Å². The maximum absolute atomic E-state index is 5.97. The molecule has 4 heteroatoms. The maximum atomic E-state index is 5.97. The fourth-order valence-corrected chi connectivity index (χ4v) is 3.93. The normalized spacial score (nSPS) is 25.9. The molecule has 0 radical (unpaired) electrons. The second-order valence-corrected chi connectivity index (χ2v) is 6.79. The number of aromatic nitrogens is 2. The van der Waals surface area contributed by atoms with Gasteiger partial charge in [-0.3, -0.25) is 9.58 Å². The molecule has 0 amide bonds. The van der Waals surface area contributed by atoms with Crippen LogP contribution in [0.4, 0.5) is 0 Å². The van der Waals surface area contributed by atoms with Crippen LogP contribution < -0.4 is 5.73 Å². The number of rotatable bonds is 4. The summed E-state index contributed by atoms with van der Waals surface area (Å²) in [4.78, 5) is 2.56. The zero-order valence-corrected chi connectivity index (χ0v) is 13.2. The van der Waals surface area contributed by atoms with Gasteiger partial charge in [0.2, 0.25) is 0 Å². The van der Waals surface area contributed by atoms with Crippen LogP contribution in [0.3, 0.4) is 0 Å². The van der Waals surface area contributed by atoms with Gasteiger partial charge in [0, 0.05) is 25.3 Å². The molecule has 0 spiro atoms. The average molecular weight is 290 g/mol. The highest BCUT2D eigenvalue weighted by Crippen LogP contribution is 2.27. The molecule has 2 aliphatic rings. The standard InChI is InChI=1S/C17H30N4/c18-13-17-9-5-2-6-11-20(17)14-15-10-12-21(19-15)16-7-3-1-4-8-16/h10,12,16-17H,1-9,11,13-14,18H2. The lowest BCUT2D eigenvalue weighted by Crippen LogP contribution is -2.39. The molecule has 4 nitrogen and oxygen atoms in total. The summed E-state index contributed by atoms with van der Waals surface area (Å²) in [6.07, 6.45) is 14.2. The lowest BCUT2D eigenvalue weighted by molar-refractivity contribution is 0.192. The molecule has 1 aliphatic carbocycles. The van der Waals surface area contributed by atoms with Crippen molar-refractivity contribution < 1.29 is 0 Å². The van der Waals surface area contributed by atoms with E-state index in [0.29, 0.717) is 12.1 Å². The fourth-order valence-electron chi connectivity index (χ4n) is 3.93. The van der Waals surface area contributed by atoms with Gasteiger partial charge in [-0.05, 0) is 38.3 Å². The van der Waals surface area contributed by atoms with Gasteiger partial charge in [0.25, 0.3) is 0 Å². The van der Waals surface area contributed by atoms with E-state index >= 15 is 0 Å². The lowest BCUT2D eigenvalue weighted by atomic mass is 9.96. The van der Waals surface area contributed by atoms with E-state index < -0.39 is 0 Å². The third kappa shape index (κ3) is 3.86. The lowest BCUT2D eigenvalue weighted by Gasteiger charge is -2.28.